The van der Waals surface area contributed by atoms with Gasteiger partial charge in [0, 0.05) is 37.3 Å². The summed E-state index contributed by atoms with van der Waals surface area (Å²) in [4.78, 5) is 31.7. The van der Waals surface area contributed by atoms with Gasteiger partial charge in [-0.1, -0.05) is 31.4 Å². The zero-order chi connectivity index (χ0) is 26.1. The van der Waals surface area contributed by atoms with Crippen molar-refractivity contribution in [3.8, 4) is 11.4 Å². The Bertz CT molecular complexity index is 1450. The number of carboxylic acids is 1. The van der Waals surface area contributed by atoms with Gasteiger partial charge in [0.1, 0.15) is 12.1 Å². The molecule has 2 aromatic carbocycles. The van der Waals surface area contributed by atoms with E-state index in [1.54, 1.807) is 30.7 Å². The number of benzene rings is 2. The van der Waals surface area contributed by atoms with Crippen LogP contribution in [0.5, 0.6) is 0 Å². The standard InChI is InChI=1S/C30H32N4O4/c35-29(31-24-11-13-33(18-24)17-20-5-4-6-22(15-20)30(36)37)21-9-10-27-26(16-21)32-28(23-12-14-38-19-23)34(27)25-7-2-1-3-8-25/h4-6,9-10,12,14-16,19,24-25H,1-3,7-8,11,13,17-18H2,(H,31,35)(H,36,37). The van der Waals surface area contributed by atoms with Gasteiger partial charge in [0.25, 0.3) is 5.91 Å². The molecule has 0 bridgehead atoms. The van der Waals surface area contributed by atoms with Crippen LogP contribution in [0.15, 0.2) is 65.5 Å². The molecular weight excluding hydrogens is 480 g/mol. The predicted octanol–water partition coefficient (Wildman–Crippen LogP) is 5.50. The van der Waals surface area contributed by atoms with Gasteiger partial charge in [0.05, 0.1) is 28.4 Å². The number of furan rings is 1. The molecule has 2 fully saturated rings. The van der Waals surface area contributed by atoms with Crippen molar-refractivity contribution in [2.75, 3.05) is 13.1 Å². The molecule has 1 saturated carbocycles. The van der Waals surface area contributed by atoms with Gasteiger partial charge in [-0.25, -0.2) is 9.78 Å². The quantitative estimate of drug-likeness (QED) is 0.339. The fraction of sp³-hybridized carbons (Fsp3) is 0.367. The highest BCUT2D eigenvalue weighted by Gasteiger charge is 2.26. The Labute approximate surface area is 221 Å². The van der Waals surface area contributed by atoms with Gasteiger partial charge in [0.2, 0.25) is 0 Å². The summed E-state index contributed by atoms with van der Waals surface area (Å²) < 4.78 is 7.70. The van der Waals surface area contributed by atoms with E-state index >= 15 is 0 Å². The first-order valence-electron chi connectivity index (χ1n) is 13.4. The van der Waals surface area contributed by atoms with Crippen molar-refractivity contribution in [3.05, 3.63) is 77.7 Å². The summed E-state index contributed by atoms with van der Waals surface area (Å²) in [6.45, 7) is 2.24. The maximum Gasteiger partial charge on any atom is 0.335 e. The third-order valence-electron chi connectivity index (χ3n) is 7.86. The van der Waals surface area contributed by atoms with Crippen LogP contribution >= 0.6 is 0 Å². The molecule has 2 N–H and O–H groups in total. The van der Waals surface area contributed by atoms with Crippen molar-refractivity contribution < 1.29 is 19.1 Å². The minimum absolute atomic E-state index is 0.0436. The number of aromatic carboxylic acids is 1. The second-order valence-corrected chi connectivity index (χ2v) is 10.5. The lowest BCUT2D eigenvalue weighted by atomic mass is 9.95. The zero-order valence-electron chi connectivity index (χ0n) is 21.3. The number of amides is 1. The van der Waals surface area contributed by atoms with Crippen LogP contribution in [0.2, 0.25) is 0 Å². The largest absolute Gasteiger partial charge is 0.478 e. The normalized spacial score (nSPS) is 18.7. The number of carbonyl (C=O) groups excluding carboxylic acids is 1. The van der Waals surface area contributed by atoms with Crippen LogP contribution in [-0.2, 0) is 6.54 Å². The Morgan fingerprint density at radius 3 is 2.68 bits per heavy atom. The number of carbonyl (C=O) groups is 2. The number of aromatic nitrogens is 2. The van der Waals surface area contributed by atoms with Crippen LogP contribution in [0, 0.1) is 0 Å². The second kappa shape index (κ2) is 10.5. The van der Waals surface area contributed by atoms with Gasteiger partial charge < -0.3 is 19.4 Å². The molecule has 1 aliphatic heterocycles. The van der Waals surface area contributed by atoms with Crippen LogP contribution in [0.3, 0.4) is 0 Å². The Balaban J connectivity index is 1.17. The molecule has 3 heterocycles. The SMILES string of the molecule is O=C(O)c1cccc(CN2CCC(NC(=O)c3ccc4c(c3)nc(-c3ccoc3)n4C3CCCCC3)C2)c1. The number of likely N-dealkylation sites (tertiary alicyclic amines) is 1. The van der Waals surface area contributed by atoms with E-state index in [4.69, 9.17) is 9.40 Å². The van der Waals surface area contributed by atoms with E-state index in [2.05, 4.69) is 14.8 Å². The Morgan fingerprint density at radius 1 is 1.03 bits per heavy atom. The van der Waals surface area contributed by atoms with Crippen molar-refractivity contribution in [3.63, 3.8) is 0 Å². The number of fused-ring (bicyclic) bond motifs is 1. The summed E-state index contributed by atoms with van der Waals surface area (Å²) in [7, 11) is 0. The van der Waals surface area contributed by atoms with Crippen molar-refractivity contribution in [1.29, 1.82) is 0 Å². The van der Waals surface area contributed by atoms with Crippen LogP contribution in [0.4, 0.5) is 0 Å². The molecule has 4 aromatic rings. The molecule has 2 aliphatic rings. The van der Waals surface area contributed by atoms with E-state index in [1.165, 1.54) is 19.3 Å². The topological polar surface area (TPSA) is 101 Å². The second-order valence-electron chi connectivity index (χ2n) is 10.5. The smallest absolute Gasteiger partial charge is 0.335 e. The Kier molecular flexibility index (Phi) is 6.72. The number of imidazole rings is 1. The van der Waals surface area contributed by atoms with E-state index in [0.717, 1.165) is 60.3 Å². The molecular formula is C30H32N4O4. The highest BCUT2D eigenvalue weighted by Crippen LogP contribution is 2.36. The molecule has 8 heteroatoms. The maximum absolute atomic E-state index is 13.2. The highest BCUT2D eigenvalue weighted by atomic mass is 16.4. The van der Waals surface area contributed by atoms with Gasteiger partial charge in [0.15, 0.2) is 0 Å². The minimum atomic E-state index is -0.921. The van der Waals surface area contributed by atoms with Crippen LogP contribution in [0.25, 0.3) is 22.4 Å². The van der Waals surface area contributed by atoms with Crippen molar-refractivity contribution >= 4 is 22.9 Å². The summed E-state index contributed by atoms with van der Waals surface area (Å²) in [6.07, 6.45) is 10.3. The molecule has 6 rings (SSSR count). The summed E-state index contributed by atoms with van der Waals surface area (Å²) in [5.41, 5.74) is 4.70. The van der Waals surface area contributed by atoms with Gasteiger partial charge in [-0.15, -0.1) is 0 Å². The van der Waals surface area contributed by atoms with Gasteiger partial charge >= 0.3 is 5.97 Å². The minimum Gasteiger partial charge on any atom is -0.478 e. The molecule has 2 aromatic heterocycles. The number of nitrogens with zero attached hydrogens (tertiary/aromatic N) is 3. The average molecular weight is 513 g/mol. The number of hydrogen-bond donors (Lipinski definition) is 2. The van der Waals surface area contributed by atoms with Crippen LogP contribution < -0.4 is 5.32 Å². The van der Waals surface area contributed by atoms with Crippen LogP contribution in [-0.4, -0.2) is 50.6 Å². The lowest BCUT2D eigenvalue weighted by Crippen LogP contribution is -2.37. The third-order valence-corrected chi connectivity index (χ3v) is 7.86. The molecule has 1 aliphatic carbocycles. The molecule has 0 radical (unpaired) electrons. The number of carboxylic acid groups (broad SMARTS) is 1. The van der Waals surface area contributed by atoms with Gasteiger partial charge in [-0.3, -0.25) is 9.69 Å². The van der Waals surface area contributed by atoms with Crippen molar-refractivity contribution in [1.82, 2.24) is 19.8 Å². The van der Waals surface area contributed by atoms with Gasteiger partial charge in [-0.2, -0.15) is 0 Å². The Morgan fingerprint density at radius 2 is 1.89 bits per heavy atom. The summed E-state index contributed by atoms with van der Waals surface area (Å²) >= 11 is 0. The molecule has 8 nitrogen and oxygen atoms in total. The molecule has 38 heavy (non-hydrogen) atoms. The van der Waals surface area contributed by atoms with Crippen molar-refractivity contribution in [2.45, 2.75) is 57.2 Å². The molecule has 0 spiro atoms. The maximum atomic E-state index is 13.2. The lowest BCUT2D eigenvalue weighted by Gasteiger charge is -2.25. The zero-order valence-corrected chi connectivity index (χ0v) is 21.3. The number of hydrogen-bond acceptors (Lipinski definition) is 5. The number of rotatable bonds is 7. The summed E-state index contributed by atoms with van der Waals surface area (Å²) in [6, 6.07) is 15.3. The highest BCUT2D eigenvalue weighted by molar-refractivity contribution is 5.98. The van der Waals surface area contributed by atoms with Crippen molar-refractivity contribution in [2.24, 2.45) is 0 Å². The van der Waals surface area contributed by atoms with Gasteiger partial charge in [-0.05, 0) is 61.2 Å². The first kappa shape index (κ1) is 24.4. The molecule has 1 saturated heterocycles. The molecule has 1 amide bonds. The molecule has 196 valence electrons. The lowest BCUT2D eigenvalue weighted by molar-refractivity contribution is 0.0696. The fourth-order valence-electron chi connectivity index (χ4n) is 5.97. The Hall–Kier alpha value is -3.91. The van der Waals surface area contributed by atoms with E-state index in [-0.39, 0.29) is 11.9 Å². The van der Waals surface area contributed by atoms with E-state index in [1.807, 2.05) is 30.3 Å². The fourth-order valence-corrected chi connectivity index (χ4v) is 5.97. The van der Waals surface area contributed by atoms with E-state index in [9.17, 15) is 14.7 Å². The summed E-state index contributed by atoms with van der Waals surface area (Å²) in [5.74, 6) is -0.115. The molecule has 1 atom stereocenters. The van der Waals surface area contributed by atoms with E-state index < -0.39 is 5.97 Å². The monoisotopic (exact) mass is 512 g/mol. The molecule has 1 unspecified atom stereocenters. The first-order chi connectivity index (χ1) is 18.5. The average Bonchev–Trinajstić information content (AvgIpc) is 3.69. The first-order valence-corrected chi connectivity index (χ1v) is 13.4. The number of nitrogens with one attached hydrogen (secondary N) is 1. The predicted molar refractivity (Wildman–Crippen MR) is 144 cm³/mol. The van der Waals surface area contributed by atoms with Crippen LogP contribution in [0.1, 0.15) is 70.8 Å². The van der Waals surface area contributed by atoms with E-state index in [0.29, 0.717) is 23.7 Å². The summed E-state index contributed by atoms with van der Waals surface area (Å²) in [5, 5.41) is 12.4. The third kappa shape index (κ3) is 4.96.